The van der Waals surface area contributed by atoms with Gasteiger partial charge in [-0.2, -0.15) is 0 Å². The third-order valence-corrected chi connectivity index (χ3v) is 2.53. The van der Waals surface area contributed by atoms with Crippen molar-refractivity contribution >= 4 is 33.4 Å². The number of rotatable bonds is 3. The molecule has 0 saturated heterocycles. The van der Waals surface area contributed by atoms with Crippen LogP contribution in [0.3, 0.4) is 0 Å². The molecule has 0 atom stereocenters. The minimum absolute atomic E-state index is 0.185. The lowest BCUT2D eigenvalue weighted by atomic mass is 10.2. The van der Waals surface area contributed by atoms with Crippen LogP contribution in [-0.4, -0.2) is 12.5 Å². The second-order valence-corrected chi connectivity index (χ2v) is 4.59. The predicted molar refractivity (Wildman–Crippen MR) is 66.3 cm³/mol. The Labute approximate surface area is 102 Å². The minimum Gasteiger partial charge on any atom is -0.348 e. The van der Waals surface area contributed by atoms with E-state index in [0.717, 1.165) is 10.0 Å². The van der Waals surface area contributed by atoms with Crippen molar-refractivity contribution in [2.24, 2.45) is 0 Å². The van der Waals surface area contributed by atoms with Gasteiger partial charge in [0, 0.05) is 11.0 Å². The van der Waals surface area contributed by atoms with Gasteiger partial charge in [-0.05, 0) is 25.1 Å². The fourth-order valence-electron chi connectivity index (χ4n) is 1.00. The molecule has 0 heterocycles. The highest BCUT2D eigenvalue weighted by atomic mass is 79.9. The van der Waals surface area contributed by atoms with Gasteiger partial charge in [0.05, 0.1) is 10.6 Å². The summed E-state index contributed by atoms with van der Waals surface area (Å²) < 4.78 is 0.851. The molecular formula is C11H11BrClNO. The van der Waals surface area contributed by atoms with E-state index in [0.29, 0.717) is 17.1 Å². The summed E-state index contributed by atoms with van der Waals surface area (Å²) in [6.07, 6.45) is 0. The summed E-state index contributed by atoms with van der Waals surface area (Å²) in [6, 6.07) is 5.15. The first kappa shape index (κ1) is 12.3. The van der Waals surface area contributed by atoms with Crippen LogP contribution in [0, 0.1) is 0 Å². The summed E-state index contributed by atoms with van der Waals surface area (Å²) in [4.78, 5) is 11.6. The Bertz CT molecular complexity index is 404. The van der Waals surface area contributed by atoms with Crippen LogP contribution < -0.4 is 5.32 Å². The van der Waals surface area contributed by atoms with E-state index in [4.69, 9.17) is 11.6 Å². The largest absolute Gasteiger partial charge is 0.348 e. The highest BCUT2D eigenvalue weighted by Crippen LogP contribution is 2.21. The van der Waals surface area contributed by atoms with Crippen LogP contribution in [-0.2, 0) is 0 Å². The zero-order chi connectivity index (χ0) is 11.4. The van der Waals surface area contributed by atoms with Crippen molar-refractivity contribution < 1.29 is 4.79 Å². The first-order chi connectivity index (χ1) is 7.00. The molecule has 1 aromatic rings. The summed E-state index contributed by atoms with van der Waals surface area (Å²) in [5, 5.41) is 3.15. The van der Waals surface area contributed by atoms with Gasteiger partial charge in [-0.3, -0.25) is 4.79 Å². The van der Waals surface area contributed by atoms with Gasteiger partial charge >= 0.3 is 0 Å². The molecule has 1 rings (SSSR count). The van der Waals surface area contributed by atoms with Gasteiger partial charge in [0.2, 0.25) is 0 Å². The molecule has 0 aliphatic heterocycles. The molecule has 1 N–H and O–H groups in total. The fourth-order valence-corrected chi connectivity index (χ4v) is 1.76. The second-order valence-electron chi connectivity index (χ2n) is 3.26. The highest BCUT2D eigenvalue weighted by molar-refractivity contribution is 9.10. The van der Waals surface area contributed by atoms with E-state index in [1.165, 1.54) is 0 Å². The van der Waals surface area contributed by atoms with E-state index in [1.54, 1.807) is 18.2 Å². The van der Waals surface area contributed by atoms with Crippen molar-refractivity contribution in [1.29, 1.82) is 0 Å². The third kappa shape index (κ3) is 3.68. The average molecular weight is 289 g/mol. The molecule has 15 heavy (non-hydrogen) atoms. The number of halogens is 2. The van der Waals surface area contributed by atoms with Crippen molar-refractivity contribution in [2.45, 2.75) is 6.92 Å². The maximum absolute atomic E-state index is 11.6. The Balaban J connectivity index is 2.78. The molecule has 0 fully saturated rings. The summed E-state index contributed by atoms with van der Waals surface area (Å²) in [6.45, 7) is 6.02. The number of carbonyl (C=O) groups excluding carboxylic acids is 1. The average Bonchev–Trinajstić information content (AvgIpc) is 2.14. The molecule has 0 radical (unpaired) electrons. The van der Waals surface area contributed by atoms with Crippen LogP contribution in [0.5, 0.6) is 0 Å². The number of amides is 1. The molecule has 0 aromatic heterocycles. The lowest BCUT2D eigenvalue weighted by Gasteiger charge is -2.06. The fraction of sp³-hybridized carbons (Fsp3) is 0.182. The van der Waals surface area contributed by atoms with E-state index in [2.05, 4.69) is 27.8 Å². The van der Waals surface area contributed by atoms with Crippen molar-refractivity contribution in [1.82, 2.24) is 5.32 Å². The van der Waals surface area contributed by atoms with Crippen LogP contribution in [0.2, 0.25) is 5.02 Å². The highest BCUT2D eigenvalue weighted by Gasteiger charge is 2.09. The topological polar surface area (TPSA) is 29.1 Å². The lowest BCUT2D eigenvalue weighted by Crippen LogP contribution is -2.25. The van der Waals surface area contributed by atoms with Crippen molar-refractivity contribution in [3.8, 4) is 0 Å². The number of carbonyl (C=O) groups is 1. The molecule has 2 nitrogen and oxygen atoms in total. The summed E-state index contributed by atoms with van der Waals surface area (Å²) >= 11 is 9.20. The third-order valence-electron chi connectivity index (χ3n) is 1.73. The SMILES string of the molecule is C=C(C)CNC(=O)c1ccc(Br)cc1Cl. The monoisotopic (exact) mass is 287 g/mol. The van der Waals surface area contributed by atoms with Gasteiger partial charge in [-0.1, -0.05) is 39.7 Å². The van der Waals surface area contributed by atoms with Gasteiger partial charge in [0.25, 0.3) is 5.91 Å². The van der Waals surface area contributed by atoms with Gasteiger partial charge in [0.15, 0.2) is 0 Å². The van der Waals surface area contributed by atoms with Crippen LogP contribution in [0.1, 0.15) is 17.3 Å². The number of hydrogen-bond acceptors (Lipinski definition) is 1. The zero-order valence-electron chi connectivity index (χ0n) is 8.31. The van der Waals surface area contributed by atoms with E-state index in [9.17, 15) is 4.79 Å². The predicted octanol–water partition coefficient (Wildman–Crippen LogP) is 3.41. The van der Waals surface area contributed by atoms with Gasteiger partial charge in [0.1, 0.15) is 0 Å². The van der Waals surface area contributed by atoms with E-state index >= 15 is 0 Å². The molecule has 0 bridgehead atoms. The standard InChI is InChI=1S/C11H11BrClNO/c1-7(2)6-14-11(15)9-4-3-8(12)5-10(9)13/h3-5H,1,6H2,2H3,(H,14,15). The molecule has 4 heteroatoms. The van der Waals surface area contributed by atoms with Gasteiger partial charge < -0.3 is 5.32 Å². The van der Waals surface area contributed by atoms with E-state index in [-0.39, 0.29) is 5.91 Å². The molecule has 0 aliphatic carbocycles. The molecule has 0 spiro atoms. The first-order valence-corrected chi connectivity index (χ1v) is 5.55. The van der Waals surface area contributed by atoms with E-state index in [1.807, 2.05) is 6.92 Å². The molecule has 0 saturated carbocycles. The Morgan fingerprint density at radius 3 is 2.80 bits per heavy atom. The molecular weight excluding hydrogens is 277 g/mol. The number of nitrogens with one attached hydrogen (secondary N) is 1. The van der Waals surface area contributed by atoms with E-state index < -0.39 is 0 Å². The first-order valence-electron chi connectivity index (χ1n) is 4.38. The van der Waals surface area contributed by atoms with Gasteiger partial charge in [-0.15, -0.1) is 0 Å². The Morgan fingerprint density at radius 1 is 1.60 bits per heavy atom. The Morgan fingerprint density at radius 2 is 2.27 bits per heavy atom. The quantitative estimate of drug-likeness (QED) is 0.849. The maximum atomic E-state index is 11.6. The molecule has 0 unspecified atom stereocenters. The smallest absolute Gasteiger partial charge is 0.253 e. The normalized spacial score (nSPS) is 9.80. The van der Waals surface area contributed by atoms with Crippen LogP contribution in [0.4, 0.5) is 0 Å². The summed E-state index contributed by atoms with van der Waals surface area (Å²) in [5.41, 5.74) is 1.37. The van der Waals surface area contributed by atoms with Crippen molar-refractivity contribution in [3.63, 3.8) is 0 Å². The van der Waals surface area contributed by atoms with Crippen LogP contribution in [0.15, 0.2) is 34.8 Å². The Hall–Kier alpha value is -0.800. The van der Waals surface area contributed by atoms with Crippen LogP contribution in [0.25, 0.3) is 0 Å². The number of benzene rings is 1. The molecule has 1 aromatic carbocycles. The summed E-state index contributed by atoms with van der Waals surface area (Å²) in [5.74, 6) is -0.185. The Kier molecular flexibility index (Phi) is 4.36. The lowest BCUT2D eigenvalue weighted by molar-refractivity contribution is 0.0957. The van der Waals surface area contributed by atoms with Crippen molar-refractivity contribution in [3.05, 3.63) is 45.4 Å². The number of hydrogen-bond donors (Lipinski definition) is 1. The molecule has 80 valence electrons. The zero-order valence-corrected chi connectivity index (χ0v) is 10.7. The van der Waals surface area contributed by atoms with Crippen LogP contribution >= 0.6 is 27.5 Å². The maximum Gasteiger partial charge on any atom is 0.253 e. The molecule has 1 amide bonds. The second kappa shape index (κ2) is 5.33. The van der Waals surface area contributed by atoms with Crippen molar-refractivity contribution in [2.75, 3.05) is 6.54 Å². The minimum atomic E-state index is -0.185. The van der Waals surface area contributed by atoms with Gasteiger partial charge in [-0.25, -0.2) is 0 Å². The molecule has 0 aliphatic rings. The summed E-state index contributed by atoms with van der Waals surface area (Å²) in [7, 11) is 0.